The summed E-state index contributed by atoms with van der Waals surface area (Å²) in [5.74, 6) is 0. The summed E-state index contributed by atoms with van der Waals surface area (Å²) in [5.41, 5.74) is 1.06. The van der Waals surface area contributed by atoms with E-state index in [9.17, 15) is 0 Å². The number of hydrogen-bond acceptors (Lipinski definition) is 4. The number of hydrogen-bond donors (Lipinski definition) is 1. The van der Waals surface area contributed by atoms with Gasteiger partial charge in [0, 0.05) is 50.8 Å². The van der Waals surface area contributed by atoms with E-state index in [-0.39, 0.29) is 0 Å². The molecule has 0 aliphatic carbocycles. The Morgan fingerprint density at radius 2 is 2.50 bits per heavy atom. The van der Waals surface area contributed by atoms with Gasteiger partial charge in [0.05, 0.1) is 5.69 Å². The number of nitrogens with zero attached hydrogens (tertiary/aromatic N) is 3. The van der Waals surface area contributed by atoms with E-state index in [0.717, 1.165) is 31.9 Å². The Bertz CT molecular complexity index is 275. The Labute approximate surface area is 84.4 Å². The van der Waals surface area contributed by atoms with Crippen molar-refractivity contribution in [2.75, 3.05) is 19.6 Å². The summed E-state index contributed by atoms with van der Waals surface area (Å²) < 4.78 is 0. The summed E-state index contributed by atoms with van der Waals surface area (Å²) in [6, 6.07) is 0.589. The predicted molar refractivity (Wildman–Crippen MR) is 54.8 cm³/mol. The fourth-order valence-electron chi connectivity index (χ4n) is 1.74. The molecule has 1 N–H and O–H groups in total. The molecule has 0 spiro atoms. The van der Waals surface area contributed by atoms with E-state index in [0.29, 0.717) is 6.04 Å². The zero-order chi connectivity index (χ0) is 9.80. The summed E-state index contributed by atoms with van der Waals surface area (Å²) in [6.45, 7) is 6.39. The highest BCUT2D eigenvalue weighted by molar-refractivity contribution is 4.95. The number of nitrogens with one attached hydrogen (secondary N) is 1. The topological polar surface area (TPSA) is 41.0 Å². The summed E-state index contributed by atoms with van der Waals surface area (Å²) in [5, 5.41) is 3.37. The molecule has 1 fully saturated rings. The van der Waals surface area contributed by atoms with Crippen LogP contribution in [0.3, 0.4) is 0 Å². The van der Waals surface area contributed by atoms with Crippen molar-refractivity contribution in [1.29, 1.82) is 0 Å². The molecule has 0 unspecified atom stereocenters. The number of rotatable bonds is 2. The van der Waals surface area contributed by atoms with E-state index in [2.05, 4.69) is 27.1 Å². The molecule has 0 amide bonds. The standard InChI is InChI=1S/C10H16N4/c1-9-6-12-4-5-14(9)8-10-7-11-2-3-13-10/h2-3,7,9,12H,4-6,8H2,1H3/t9-/m1/s1. The molecule has 2 heterocycles. The fourth-order valence-corrected chi connectivity index (χ4v) is 1.74. The maximum Gasteiger partial charge on any atom is 0.0726 e. The van der Waals surface area contributed by atoms with Crippen molar-refractivity contribution in [3.05, 3.63) is 24.3 Å². The van der Waals surface area contributed by atoms with Crippen LogP contribution in [-0.2, 0) is 6.54 Å². The summed E-state index contributed by atoms with van der Waals surface area (Å²) in [4.78, 5) is 10.8. The van der Waals surface area contributed by atoms with Crippen molar-refractivity contribution in [3.63, 3.8) is 0 Å². The number of aromatic nitrogens is 2. The lowest BCUT2D eigenvalue weighted by molar-refractivity contribution is 0.163. The molecule has 0 radical (unpaired) electrons. The van der Waals surface area contributed by atoms with Crippen molar-refractivity contribution in [1.82, 2.24) is 20.2 Å². The summed E-state index contributed by atoms with van der Waals surface area (Å²) in [7, 11) is 0. The lowest BCUT2D eigenvalue weighted by Gasteiger charge is -2.33. The van der Waals surface area contributed by atoms with E-state index >= 15 is 0 Å². The molecular weight excluding hydrogens is 176 g/mol. The van der Waals surface area contributed by atoms with Crippen LogP contribution in [-0.4, -0.2) is 40.5 Å². The van der Waals surface area contributed by atoms with Crippen LogP contribution in [0.25, 0.3) is 0 Å². The van der Waals surface area contributed by atoms with Crippen LogP contribution in [0.4, 0.5) is 0 Å². The van der Waals surface area contributed by atoms with Crippen molar-refractivity contribution >= 4 is 0 Å². The van der Waals surface area contributed by atoms with Crippen LogP contribution < -0.4 is 5.32 Å². The number of piperazine rings is 1. The van der Waals surface area contributed by atoms with E-state index in [4.69, 9.17) is 0 Å². The van der Waals surface area contributed by atoms with Gasteiger partial charge in [-0.3, -0.25) is 14.9 Å². The zero-order valence-electron chi connectivity index (χ0n) is 8.48. The average molecular weight is 192 g/mol. The van der Waals surface area contributed by atoms with Crippen LogP contribution in [0, 0.1) is 0 Å². The Hall–Kier alpha value is -1.00. The first kappa shape index (κ1) is 9.55. The molecular formula is C10H16N4. The molecule has 1 saturated heterocycles. The molecule has 0 aromatic carbocycles. The average Bonchev–Trinajstić information content (AvgIpc) is 2.23. The second-order valence-corrected chi connectivity index (χ2v) is 3.72. The fraction of sp³-hybridized carbons (Fsp3) is 0.600. The molecule has 14 heavy (non-hydrogen) atoms. The molecule has 1 atom stereocenters. The van der Waals surface area contributed by atoms with Crippen molar-refractivity contribution < 1.29 is 0 Å². The molecule has 1 aromatic rings. The highest BCUT2D eigenvalue weighted by Crippen LogP contribution is 2.06. The van der Waals surface area contributed by atoms with Gasteiger partial charge < -0.3 is 5.32 Å². The van der Waals surface area contributed by atoms with Crippen molar-refractivity contribution in [2.45, 2.75) is 19.5 Å². The molecule has 76 valence electrons. The predicted octanol–water partition coefficient (Wildman–Crippen LogP) is 0.270. The van der Waals surface area contributed by atoms with Crippen LogP contribution in [0.5, 0.6) is 0 Å². The van der Waals surface area contributed by atoms with Gasteiger partial charge in [-0.05, 0) is 6.92 Å². The van der Waals surface area contributed by atoms with Gasteiger partial charge in [-0.15, -0.1) is 0 Å². The van der Waals surface area contributed by atoms with Gasteiger partial charge in [0.25, 0.3) is 0 Å². The normalized spacial score (nSPS) is 23.6. The smallest absolute Gasteiger partial charge is 0.0726 e. The quantitative estimate of drug-likeness (QED) is 0.730. The van der Waals surface area contributed by atoms with Gasteiger partial charge in [0.1, 0.15) is 0 Å². The van der Waals surface area contributed by atoms with Crippen LogP contribution in [0.2, 0.25) is 0 Å². The molecule has 1 aliphatic heterocycles. The van der Waals surface area contributed by atoms with Crippen LogP contribution in [0.1, 0.15) is 12.6 Å². The van der Waals surface area contributed by atoms with E-state index in [1.807, 2.05) is 6.20 Å². The van der Waals surface area contributed by atoms with Gasteiger partial charge in [-0.25, -0.2) is 0 Å². The van der Waals surface area contributed by atoms with Gasteiger partial charge in [-0.2, -0.15) is 0 Å². The van der Waals surface area contributed by atoms with Gasteiger partial charge in [0.15, 0.2) is 0 Å². The van der Waals surface area contributed by atoms with Gasteiger partial charge >= 0.3 is 0 Å². The van der Waals surface area contributed by atoms with Crippen molar-refractivity contribution in [3.8, 4) is 0 Å². The SMILES string of the molecule is C[C@@H]1CNCCN1Cc1cnccn1. The van der Waals surface area contributed by atoms with Gasteiger partial charge in [0.2, 0.25) is 0 Å². The lowest BCUT2D eigenvalue weighted by atomic mass is 10.2. The van der Waals surface area contributed by atoms with E-state index < -0.39 is 0 Å². The largest absolute Gasteiger partial charge is 0.314 e. The van der Waals surface area contributed by atoms with Gasteiger partial charge in [-0.1, -0.05) is 0 Å². The third kappa shape index (κ3) is 2.27. The Morgan fingerprint density at radius 3 is 3.21 bits per heavy atom. The first-order valence-electron chi connectivity index (χ1n) is 5.06. The first-order chi connectivity index (χ1) is 6.86. The molecule has 4 heteroatoms. The molecule has 4 nitrogen and oxygen atoms in total. The maximum atomic E-state index is 4.28. The molecule has 1 aliphatic rings. The minimum atomic E-state index is 0.589. The minimum absolute atomic E-state index is 0.589. The minimum Gasteiger partial charge on any atom is -0.314 e. The summed E-state index contributed by atoms with van der Waals surface area (Å²) in [6.07, 6.45) is 5.31. The van der Waals surface area contributed by atoms with Crippen LogP contribution in [0.15, 0.2) is 18.6 Å². The van der Waals surface area contributed by atoms with E-state index in [1.165, 1.54) is 0 Å². The van der Waals surface area contributed by atoms with E-state index in [1.54, 1.807) is 12.4 Å². The highest BCUT2D eigenvalue weighted by atomic mass is 15.2. The zero-order valence-corrected chi connectivity index (χ0v) is 8.48. The Balaban J connectivity index is 1.96. The van der Waals surface area contributed by atoms with Crippen molar-refractivity contribution in [2.24, 2.45) is 0 Å². The molecule has 1 aromatic heterocycles. The third-order valence-corrected chi connectivity index (χ3v) is 2.62. The summed E-state index contributed by atoms with van der Waals surface area (Å²) >= 11 is 0. The third-order valence-electron chi connectivity index (χ3n) is 2.62. The maximum absolute atomic E-state index is 4.28. The highest BCUT2D eigenvalue weighted by Gasteiger charge is 2.17. The monoisotopic (exact) mass is 192 g/mol. The molecule has 0 bridgehead atoms. The second-order valence-electron chi connectivity index (χ2n) is 3.72. The Kier molecular flexibility index (Phi) is 3.06. The lowest BCUT2D eigenvalue weighted by Crippen LogP contribution is -2.49. The molecule has 0 saturated carbocycles. The molecule has 2 rings (SSSR count). The van der Waals surface area contributed by atoms with Crippen LogP contribution >= 0.6 is 0 Å². The Morgan fingerprint density at radius 1 is 1.57 bits per heavy atom. The first-order valence-corrected chi connectivity index (χ1v) is 5.06. The second kappa shape index (κ2) is 4.48.